The SMILES string of the molecule is C/C=C\C1=C(C)C(C)=C(C=C(C)C)C12CCCCC2. The second-order valence-corrected chi connectivity index (χ2v) is 6.44. The van der Waals surface area contributed by atoms with Crippen molar-refractivity contribution in [2.24, 2.45) is 5.41 Å². The average Bonchev–Trinajstić information content (AvgIpc) is 2.56. The first-order chi connectivity index (χ1) is 9.03. The van der Waals surface area contributed by atoms with Gasteiger partial charge in [-0.2, -0.15) is 0 Å². The predicted octanol–water partition coefficient (Wildman–Crippen LogP) is 6.13. The first-order valence-corrected chi connectivity index (χ1v) is 7.73. The molecule has 0 heteroatoms. The minimum Gasteiger partial charge on any atom is -0.0873 e. The molecule has 0 aromatic carbocycles. The Kier molecular flexibility index (Phi) is 4.18. The Hall–Kier alpha value is -1.04. The molecule has 1 saturated carbocycles. The predicted molar refractivity (Wildman–Crippen MR) is 85.2 cm³/mol. The molecular formula is C19H28. The van der Waals surface area contributed by atoms with E-state index in [4.69, 9.17) is 0 Å². The van der Waals surface area contributed by atoms with Crippen LogP contribution in [0.25, 0.3) is 0 Å². The summed E-state index contributed by atoms with van der Waals surface area (Å²) in [6.07, 6.45) is 13.9. The second kappa shape index (κ2) is 5.53. The van der Waals surface area contributed by atoms with Gasteiger partial charge in [-0.15, -0.1) is 0 Å². The van der Waals surface area contributed by atoms with Crippen LogP contribution in [0.4, 0.5) is 0 Å². The van der Waals surface area contributed by atoms with Crippen molar-refractivity contribution >= 4 is 0 Å². The van der Waals surface area contributed by atoms with Crippen LogP contribution in [-0.2, 0) is 0 Å². The van der Waals surface area contributed by atoms with E-state index in [0.717, 1.165) is 0 Å². The summed E-state index contributed by atoms with van der Waals surface area (Å²) in [7, 11) is 0. The molecule has 2 aliphatic carbocycles. The Morgan fingerprint density at radius 3 is 2.05 bits per heavy atom. The zero-order valence-corrected chi connectivity index (χ0v) is 13.3. The lowest BCUT2D eigenvalue weighted by molar-refractivity contribution is 0.304. The van der Waals surface area contributed by atoms with Crippen molar-refractivity contribution in [1.82, 2.24) is 0 Å². The Bertz CT molecular complexity index is 470. The lowest BCUT2D eigenvalue weighted by Gasteiger charge is -2.38. The maximum atomic E-state index is 2.45. The van der Waals surface area contributed by atoms with E-state index < -0.39 is 0 Å². The third-order valence-corrected chi connectivity index (χ3v) is 4.88. The minimum absolute atomic E-state index is 0.330. The minimum atomic E-state index is 0.330. The van der Waals surface area contributed by atoms with E-state index in [0.29, 0.717) is 5.41 Å². The van der Waals surface area contributed by atoms with E-state index in [-0.39, 0.29) is 0 Å². The third-order valence-electron chi connectivity index (χ3n) is 4.88. The number of allylic oxidation sites excluding steroid dienone is 8. The largest absolute Gasteiger partial charge is 0.0873 e. The molecule has 0 aliphatic heterocycles. The van der Waals surface area contributed by atoms with Crippen molar-refractivity contribution in [3.8, 4) is 0 Å². The smallest absolute Gasteiger partial charge is 0.0208 e. The molecule has 104 valence electrons. The summed E-state index contributed by atoms with van der Waals surface area (Å²) < 4.78 is 0. The van der Waals surface area contributed by atoms with Crippen LogP contribution < -0.4 is 0 Å². The van der Waals surface area contributed by atoms with Gasteiger partial charge in [-0.25, -0.2) is 0 Å². The van der Waals surface area contributed by atoms with Crippen molar-refractivity contribution in [2.75, 3.05) is 0 Å². The highest BCUT2D eigenvalue weighted by molar-refractivity contribution is 5.59. The molecule has 2 aliphatic rings. The fraction of sp³-hybridized carbons (Fsp3) is 0.579. The van der Waals surface area contributed by atoms with Gasteiger partial charge >= 0.3 is 0 Å². The van der Waals surface area contributed by atoms with E-state index in [1.165, 1.54) is 48.8 Å². The number of hydrogen-bond acceptors (Lipinski definition) is 0. The molecule has 0 nitrogen and oxygen atoms in total. The highest BCUT2D eigenvalue weighted by Gasteiger charge is 2.42. The van der Waals surface area contributed by atoms with Gasteiger partial charge in [0.15, 0.2) is 0 Å². The molecule has 0 bridgehead atoms. The molecule has 0 amide bonds. The average molecular weight is 256 g/mol. The van der Waals surface area contributed by atoms with Crippen molar-refractivity contribution < 1.29 is 0 Å². The molecule has 2 rings (SSSR count). The summed E-state index contributed by atoms with van der Waals surface area (Å²) >= 11 is 0. The molecular weight excluding hydrogens is 228 g/mol. The lowest BCUT2D eigenvalue weighted by Crippen LogP contribution is -2.26. The standard InChI is InChI=1S/C19H28/c1-6-10-17-15(4)16(5)18(13-14(2)3)19(17)11-8-7-9-12-19/h6,10,13H,7-9,11-12H2,1-5H3/b10-6-. The molecule has 0 radical (unpaired) electrons. The van der Waals surface area contributed by atoms with Crippen LogP contribution in [-0.4, -0.2) is 0 Å². The Morgan fingerprint density at radius 2 is 1.53 bits per heavy atom. The normalized spacial score (nSPS) is 22.8. The third kappa shape index (κ3) is 2.38. The van der Waals surface area contributed by atoms with Gasteiger partial charge in [-0.1, -0.05) is 43.1 Å². The monoisotopic (exact) mass is 256 g/mol. The molecule has 0 unspecified atom stereocenters. The summed E-state index contributed by atoms with van der Waals surface area (Å²) in [5, 5.41) is 0. The topological polar surface area (TPSA) is 0 Å². The van der Waals surface area contributed by atoms with Crippen molar-refractivity contribution in [3.05, 3.63) is 46.1 Å². The van der Waals surface area contributed by atoms with Gasteiger partial charge in [0, 0.05) is 5.41 Å². The Morgan fingerprint density at radius 1 is 0.947 bits per heavy atom. The molecule has 0 aromatic heterocycles. The van der Waals surface area contributed by atoms with E-state index >= 15 is 0 Å². The fourth-order valence-electron chi connectivity index (χ4n) is 3.95. The quantitative estimate of drug-likeness (QED) is 0.558. The zero-order chi connectivity index (χ0) is 14.0. The highest BCUT2D eigenvalue weighted by atomic mass is 14.5. The first kappa shape index (κ1) is 14.4. The van der Waals surface area contributed by atoms with Gasteiger partial charge < -0.3 is 0 Å². The summed E-state index contributed by atoms with van der Waals surface area (Å²) in [6.45, 7) is 11.2. The van der Waals surface area contributed by atoms with Crippen LogP contribution in [0.1, 0.15) is 66.7 Å². The van der Waals surface area contributed by atoms with Gasteiger partial charge in [-0.3, -0.25) is 0 Å². The fourth-order valence-corrected chi connectivity index (χ4v) is 3.95. The van der Waals surface area contributed by atoms with Crippen molar-refractivity contribution in [3.63, 3.8) is 0 Å². The molecule has 0 atom stereocenters. The first-order valence-electron chi connectivity index (χ1n) is 7.73. The molecule has 0 saturated heterocycles. The maximum absolute atomic E-state index is 2.45. The zero-order valence-electron chi connectivity index (χ0n) is 13.3. The summed E-state index contributed by atoms with van der Waals surface area (Å²) in [5.74, 6) is 0. The van der Waals surface area contributed by atoms with Crippen molar-refractivity contribution in [1.29, 1.82) is 0 Å². The molecule has 1 fully saturated rings. The Labute approximate surface area is 119 Å². The summed E-state index contributed by atoms with van der Waals surface area (Å²) in [5.41, 5.74) is 8.01. The van der Waals surface area contributed by atoms with Gasteiger partial charge in [0.05, 0.1) is 0 Å². The van der Waals surface area contributed by atoms with Crippen LogP contribution in [0.2, 0.25) is 0 Å². The van der Waals surface area contributed by atoms with E-state index in [1.807, 2.05) is 0 Å². The van der Waals surface area contributed by atoms with Crippen LogP contribution in [0.15, 0.2) is 46.1 Å². The molecule has 0 aromatic rings. The van der Waals surface area contributed by atoms with E-state index in [1.54, 1.807) is 11.1 Å². The lowest BCUT2D eigenvalue weighted by atomic mass is 9.66. The Balaban J connectivity index is 2.57. The molecule has 0 heterocycles. The van der Waals surface area contributed by atoms with E-state index in [2.05, 4.69) is 52.8 Å². The van der Waals surface area contributed by atoms with Gasteiger partial charge in [-0.05, 0) is 69.8 Å². The molecule has 19 heavy (non-hydrogen) atoms. The highest BCUT2D eigenvalue weighted by Crippen LogP contribution is 2.56. The van der Waals surface area contributed by atoms with Crippen LogP contribution >= 0.6 is 0 Å². The van der Waals surface area contributed by atoms with Gasteiger partial charge in [0.1, 0.15) is 0 Å². The van der Waals surface area contributed by atoms with Gasteiger partial charge in [0.2, 0.25) is 0 Å². The number of rotatable bonds is 2. The van der Waals surface area contributed by atoms with Crippen LogP contribution in [0.5, 0.6) is 0 Å². The second-order valence-electron chi connectivity index (χ2n) is 6.44. The van der Waals surface area contributed by atoms with E-state index in [9.17, 15) is 0 Å². The molecule has 0 N–H and O–H groups in total. The van der Waals surface area contributed by atoms with Crippen LogP contribution in [0.3, 0.4) is 0 Å². The van der Waals surface area contributed by atoms with Gasteiger partial charge in [0.25, 0.3) is 0 Å². The maximum Gasteiger partial charge on any atom is 0.0208 e. The van der Waals surface area contributed by atoms with Crippen molar-refractivity contribution in [2.45, 2.75) is 66.7 Å². The summed E-state index contributed by atoms with van der Waals surface area (Å²) in [4.78, 5) is 0. The van der Waals surface area contributed by atoms with Crippen LogP contribution in [0, 0.1) is 5.41 Å². The molecule has 1 spiro atoms. The number of hydrogen-bond donors (Lipinski definition) is 0. The summed E-state index contributed by atoms with van der Waals surface area (Å²) in [6, 6.07) is 0.